The Balaban J connectivity index is 1.64. The van der Waals surface area contributed by atoms with Gasteiger partial charge in [-0.25, -0.2) is 10.9 Å². The third-order valence-electron chi connectivity index (χ3n) is 4.71. The second-order valence-electron chi connectivity index (χ2n) is 7.81. The van der Waals surface area contributed by atoms with E-state index in [1.807, 2.05) is 0 Å². The number of carbonyl (C=O) groups is 4. The fourth-order valence-corrected chi connectivity index (χ4v) is 3.69. The van der Waals surface area contributed by atoms with E-state index in [0.717, 1.165) is 11.1 Å². The van der Waals surface area contributed by atoms with Crippen LogP contribution in [0.2, 0.25) is 0 Å². The molecule has 0 saturated heterocycles. The van der Waals surface area contributed by atoms with Crippen molar-refractivity contribution >= 4 is 46.9 Å². The van der Waals surface area contributed by atoms with Gasteiger partial charge >= 0.3 is 11.9 Å². The first-order valence-corrected chi connectivity index (χ1v) is 12.6. The van der Waals surface area contributed by atoms with Gasteiger partial charge < -0.3 is 9.47 Å². The lowest BCUT2D eigenvalue weighted by Crippen LogP contribution is -2.20. The van der Waals surface area contributed by atoms with Crippen LogP contribution in [0, 0.1) is 0 Å². The smallest absolute Gasteiger partial charge is 0.308 e. The number of carbonyl (C=O) groups excluding carboxylic acids is 4. The van der Waals surface area contributed by atoms with Crippen LogP contribution in [0.15, 0.2) is 58.7 Å². The summed E-state index contributed by atoms with van der Waals surface area (Å²) in [7, 11) is 0. The van der Waals surface area contributed by atoms with Crippen molar-refractivity contribution in [3.63, 3.8) is 0 Å². The van der Waals surface area contributed by atoms with Crippen LogP contribution in [0.3, 0.4) is 0 Å². The van der Waals surface area contributed by atoms with Gasteiger partial charge in [-0.1, -0.05) is 0 Å². The van der Waals surface area contributed by atoms with Crippen molar-refractivity contribution in [2.24, 2.45) is 10.2 Å². The molecular formula is C26H30N4O6S. The average molecular weight is 527 g/mol. The molecule has 0 aliphatic heterocycles. The zero-order valence-electron chi connectivity index (χ0n) is 21.2. The fraction of sp³-hybridized carbons (Fsp3) is 0.308. The molecule has 10 nitrogen and oxygen atoms in total. The van der Waals surface area contributed by atoms with Crippen LogP contribution >= 0.6 is 11.8 Å². The summed E-state index contributed by atoms with van der Waals surface area (Å²) in [5, 5.41) is 8.19. The maximum Gasteiger partial charge on any atom is 0.308 e. The van der Waals surface area contributed by atoms with Crippen LogP contribution in [0.5, 0.6) is 11.5 Å². The Kier molecular flexibility index (Phi) is 12.0. The molecule has 2 rings (SSSR count). The van der Waals surface area contributed by atoms with Crippen molar-refractivity contribution in [3.05, 3.63) is 59.7 Å². The quantitative estimate of drug-likeness (QED) is 0.142. The predicted octanol–water partition coefficient (Wildman–Crippen LogP) is 3.43. The van der Waals surface area contributed by atoms with Crippen LogP contribution in [0.1, 0.15) is 51.7 Å². The van der Waals surface area contributed by atoms with E-state index < -0.39 is 11.9 Å². The molecule has 0 saturated carbocycles. The van der Waals surface area contributed by atoms with Gasteiger partial charge in [-0.3, -0.25) is 19.2 Å². The number of hydrazone groups is 2. The molecule has 0 atom stereocenters. The van der Waals surface area contributed by atoms with E-state index in [2.05, 4.69) is 21.1 Å². The van der Waals surface area contributed by atoms with Gasteiger partial charge in [0.2, 0.25) is 11.8 Å². The highest BCUT2D eigenvalue weighted by Crippen LogP contribution is 2.14. The van der Waals surface area contributed by atoms with Crippen LogP contribution < -0.4 is 20.3 Å². The largest absolute Gasteiger partial charge is 0.427 e. The summed E-state index contributed by atoms with van der Waals surface area (Å²) in [4.78, 5) is 46.0. The molecule has 0 fully saturated rings. The number of nitrogens with one attached hydrogen (secondary N) is 2. The zero-order chi connectivity index (χ0) is 27.2. The van der Waals surface area contributed by atoms with Crippen LogP contribution in [0.25, 0.3) is 0 Å². The minimum Gasteiger partial charge on any atom is -0.427 e. The maximum absolute atomic E-state index is 12.0. The average Bonchev–Trinajstić information content (AvgIpc) is 2.85. The van der Waals surface area contributed by atoms with Crippen molar-refractivity contribution < 1.29 is 28.7 Å². The van der Waals surface area contributed by atoms with Gasteiger partial charge in [0.25, 0.3) is 0 Å². The molecule has 0 unspecified atom stereocenters. The topological polar surface area (TPSA) is 136 Å². The van der Waals surface area contributed by atoms with Gasteiger partial charge in [0.05, 0.1) is 11.4 Å². The normalized spacial score (nSPS) is 11.5. The van der Waals surface area contributed by atoms with Crippen LogP contribution in [-0.2, 0) is 19.2 Å². The van der Waals surface area contributed by atoms with Crippen molar-refractivity contribution in [2.75, 3.05) is 11.5 Å². The summed E-state index contributed by atoms with van der Waals surface area (Å²) >= 11 is 1.48. The number of amides is 2. The first-order valence-electron chi connectivity index (χ1n) is 11.5. The molecule has 2 aromatic rings. The Morgan fingerprint density at radius 3 is 1.32 bits per heavy atom. The Bertz CT molecular complexity index is 1070. The number of ether oxygens (including phenoxy) is 2. The standard InChI is InChI=1S/C26H30N4O6S/c1-17(21-5-9-23(10-6-21)35-19(3)31)27-29-25(33)13-15-37-16-14-26(34)30-28-18(2)22-7-11-24(12-8-22)36-20(4)32/h5-12H,13-16H2,1-4H3,(H,29,33)(H,30,34)/b27-17+,28-18?. The Morgan fingerprint density at radius 2 is 1.00 bits per heavy atom. The molecular weight excluding hydrogens is 496 g/mol. The molecule has 0 heterocycles. The first-order chi connectivity index (χ1) is 17.6. The molecule has 0 aliphatic rings. The summed E-state index contributed by atoms with van der Waals surface area (Å²) in [6.45, 7) is 6.18. The minimum absolute atomic E-state index is 0.229. The number of esters is 2. The fourth-order valence-electron chi connectivity index (χ4n) is 2.83. The van der Waals surface area contributed by atoms with E-state index >= 15 is 0 Å². The summed E-state index contributed by atoms with van der Waals surface area (Å²) in [6, 6.07) is 13.6. The molecule has 37 heavy (non-hydrogen) atoms. The number of hydrogen-bond acceptors (Lipinski definition) is 9. The van der Waals surface area contributed by atoms with Gasteiger partial charge in [-0.05, 0) is 73.5 Å². The highest BCUT2D eigenvalue weighted by molar-refractivity contribution is 7.99. The van der Waals surface area contributed by atoms with E-state index in [9.17, 15) is 19.2 Å². The maximum atomic E-state index is 12.0. The van der Waals surface area contributed by atoms with E-state index in [4.69, 9.17) is 9.47 Å². The molecule has 2 amide bonds. The van der Waals surface area contributed by atoms with Crippen molar-refractivity contribution in [1.29, 1.82) is 0 Å². The molecule has 2 aromatic carbocycles. The third-order valence-corrected chi connectivity index (χ3v) is 5.70. The van der Waals surface area contributed by atoms with Gasteiger partial charge in [0.15, 0.2) is 0 Å². The summed E-state index contributed by atoms with van der Waals surface area (Å²) in [5.41, 5.74) is 7.83. The Morgan fingerprint density at radius 1 is 0.649 bits per heavy atom. The second kappa shape index (κ2) is 15.2. The van der Waals surface area contributed by atoms with Crippen LogP contribution in [0.4, 0.5) is 0 Å². The number of nitrogens with zero attached hydrogens (tertiary/aromatic N) is 2. The molecule has 0 radical (unpaired) electrons. The molecule has 0 aliphatic carbocycles. The number of hydrogen-bond donors (Lipinski definition) is 2. The van der Waals surface area contributed by atoms with E-state index in [1.54, 1.807) is 62.4 Å². The summed E-state index contributed by atoms with van der Waals surface area (Å²) in [6.07, 6.45) is 0.518. The van der Waals surface area contributed by atoms with Gasteiger partial charge in [-0.2, -0.15) is 22.0 Å². The van der Waals surface area contributed by atoms with Crippen molar-refractivity contribution in [1.82, 2.24) is 10.9 Å². The number of rotatable bonds is 12. The zero-order valence-corrected chi connectivity index (χ0v) is 22.0. The molecule has 2 N–H and O–H groups in total. The molecule has 196 valence electrons. The van der Waals surface area contributed by atoms with Crippen molar-refractivity contribution in [3.8, 4) is 11.5 Å². The lowest BCUT2D eigenvalue weighted by atomic mass is 10.1. The van der Waals surface area contributed by atoms with Gasteiger partial charge in [0, 0.05) is 38.2 Å². The highest BCUT2D eigenvalue weighted by atomic mass is 32.2. The summed E-state index contributed by atoms with van der Waals surface area (Å²) in [5.74, 6) is 0.716. The van der Waals surface area contributed by atoms with Gasteiger partial charge in [-0.15, -0.1) is 0 Å². The highest BCUT2D eigenvalue weighted by Gasteiger charge is 2.06. The Labute approximate surface area is 219 Å². The van der Waals surface area contributed by atoms with E-state index in [-0.39, 0.29) is 24.7 Å². The number of thioether (sulfide) groups is 1. The molecule has 11 heteroatoms. The molecule has 0 bridgehead atoms. The molecule has 0 aromatic heterocycles. The van der Waals surface area contributed by atoms with E-state index in [0.29, 0.717) is 34.4 Å². The minimum atomic E-state index is -0.395. The molecule has 0 spiro atoms. The van der Waals surface area contributed by atoms with Gasteiger partial charge in [0.1, 0.15) is 11.5 Å². The summed E-state index contributed by atoms with van der Waals surface area (Å²) < 4.78 is 9.97. The second-order valence-corrected chi connectivity index (χ2v) is 9.04. The third kappa shape index (κ3) is 11.5. The monoisotopic (exact) mass is 526 g/mol. The lowest BCUT2D eigenvalue weighted by molar-refractivity contribution is -0.132. The predicted molar refractivity (Wildman–Crippen MR) is 143 cm³/mol. The van der Waals surface area contributed by atoms with E-state index in [1.165, 1.54) is 25.6 Å². The Hall–Kier alpha value is -3.99. The first kappa shape index (κ1) is 29.2. The SMILES string of the molecule is CC(=O)Oc1ccc(C(C)=NNC(=O)CCSCCC(=O)N/N=C(\C)c2ccc(OC(C)=O)cc2)cc1. The lowest BCUT2D eigenvalue weighted by Gasteiger charge is -2.06. The van der Waals surface area contributed by atoms with Crippen LogP contribution in [-0.4, -0.2) is 46.7 Å². The van der Waals surface area contributed by atoms with Crippen molar-refractivity contribution in [2.45, 2.75) is 40.5 Å². The number of benzene rings is 2.